The minimum atomic E-state index is -0.712. The van der Waals surface area contributed by atoms with Crippen molar-refractivity contribution in [1.29, 1.82) is 0 Å². The molecule has 1 unspecified atom stereocenters. The Kier molecular flexibility index (Phi) is 5.25. The van der Waals surface area contributed by atoms with Gasteiger partial charge < -0.3 is 9.84 Å². The van der Waals surface area contributed by atoms with Crippen molar-refractivity contribution in [2.24, 2.45) is 0 Å². The molecule has 0 spiro atoms. The Bertz CT molecular complexity index is 585. The van der Waals surface area contributed by atoms with Gasteiger partial charge in [-0.2, -0.15) is 0 Å². The van der Waals surface area contributed by atoms with E-state index in [0.29, 0.717) is 13.0 Å². The lowest BCUT2D eigenvalue weighted by Gasteiger charge is -2.40. The van der Waals surface area contributed by atoms with Gasteiger partial charge in [0.05, 0.1) is 5.60 Å². The highest BCUT2D eigenvalue weighted by Gasteiger charge is 2.30. The number of piperidine rings is 1. The lowest BCUT2D eigenvalue weighted by Crippen LogP contribution is -2.43. The lowest BCUT2D eigenvalue weighted by atomic mass is 9.86. The van der Waals surface area contributed by atoms with Gasteiger partial charge in [-0.05, 0) is 49.7 Å². The van der Waals surface area contributed by atoms with Crippen molar-refractivity contribution in [3.05, 3.63) is 41.0 Å². The third-order valence-corrected chi connectivity index (χ3v) is 6.39. The van der Waals surface area contributed by atoms with E-state index < -0.39 is 5.60 Å². The number of nitrogens with zero attached hydrogens (tertiary/aromatic N) is 1. The van der Waals surface area contributed by atoms with Gasteiger partial charge in [0.2, 0.25) is 0 Å². The van der Waals surface area contributed by atoms with Crippen molar-refractivity contribution >= 4 is 6.08 Å². The zero-order chi connectivity index (χ0) is 17.1. The fraction of sp³-hybridized carbons (Fsp3) is 0.636. The highest BCUT2D eigenvalue weighted by molar-refractivity contribution is 5.54. The smallest absolute Gasteiger partial charge is 0.0919 e. The van der Waals surface area contributed by atoms with Crippen LogP contribution in [0.15, 0.2) is 29.8 Å². The van der Waals surface area contributed by atoms with Crippen LogP contribution in [0.1, 0.15) is 62.5 Å². The van der Waals surface area contributed by atoms with Gasteiger partial charge in [0.15, 0.2) is 0 Å². The molecule has 1 aromatic rings. The van der Waals surface area contributed by atoms with Gasteiger partial charge in [0, 0.05) is 38.8 Å². The molecule has 136 valence electrons. The summed E-state index contributed by atoms with van der Waals surface area (Å²) in [6.45, 7) is 3.88. The first kappa shape index (κ1) is 17.3. The lowest BCUT2D eigenvalue weighted by molar-refractivity contribution is 0.0144. The summed E-state index contributed by atoms with van der Waals surface area (Å²) in [7, 11) is 0. The van der Waals surface area contributed by atoms with Crippen LogP contribution in [0.4, 0.5) is 0 Å². The minimum absolute atomic E-state index is 0.653. The highest BCUT2D eigenvalue weighted by atomic mass is 16.5. The fourth-order valence-electron chi connectivity index (χ4n) is 4.42. The van der Waals surface area contributed by atoms with Gasteiger partial charge in [-0.25, -0.2) is 0 Å². The molecule has 2 saturated heterocycles. The van der Waals surface area contributed by atoms with Crippen LogP contribution >= 0.6 is 0 Å². The summed E-state index contributed by atoms with van der Waals surface area (Å²) in [5.41, 5.74) is 3.17. The van der Waals surface area contributed by atoms with Crippen LogP contribution in [0.3, 0.4) is 0 Å². The molecule has 1 aromatic carbocycles. The highest BCUT2D eigenvalue weighted by Crippen LogP contribution is 2.33. The summed E-state index contributed by atoms with van der Waals surface area (Å²) in [6.07, 6.45) is 11.5. The molecule has 1 N–H and O–H groups in total. The predicted molar refractivity (Wildman–Crippen MR) is 101 cm³/mol. The number of hydrogen-bond acceptors (Lipinski definition) is 3. The van der Waals surface area contributed by atoms with Gasteiger partial charge in [0.1, 0.15) is 0 Å². The number of likely N-dealkylation sites (tertiary alicyclic amines) is 1. The van der Waals surface area contributed by atoms with E-state index in [2.05, 4.69) is 35.2 Å². The number of rotatable bonds is 3. The Morgan fingerprint density at radius 2 is 1.76 bits per heavy atom. The summed E-state index contributed by atoms with van der Waals surface area (Å²) < 4.78 is 5.50. The maximum Gasteiger partial charge on any atom is 0.0919 e. The van der Waals surface area contributed by atoms with Gasteiger partial charge in [-0.3, -0.25) is 4.90 Å². The zero-order valence-electron chi connectivity index (χ0n) is 15.3. The third-order valence-electron chi connectivity index (χ3n) is 6.39. The third kappa shape index (κ3) is 3.99. The molecule has 1 saturated carbocycles. The maximum atomic E-state index is 10.9. The molecular weight excluding hydrogens is 310 g/mol. The number of hydrogen-bond donors (Lipinski definition) is 1. The van der Waals surface area contributed by atoms with Crippen molar-refractivity contribution < 1.29 is 9.84 Å². The number of benzene rings is 1. The molecule has 3 aliphatic rings. The quantitative estimate of drug-likeness (QED) is 0.898. The van der Waals surface area contributed by atoms with E-state index in [4.69, 9.17) is 4.74 Å². The van der Waals surface area contributed by atoms with E-state index in [1.165, 1.54) is 50.8 Å². The fourth-order valence-corrected chi connectivity index (χ4v) is 4.42. The predicted octanol–water partition coefficient (Wildman–Crippen LogP) is 4.11. The van der Waals surface area contributed by atoms with Crippen molar-refractivity contribution in [1.82, 2.24) is 4.90 Å². The average Bonchev–Trinajstić information content (AvgIpc) is 2.81. The normalized spacial score (nSPS) is 29.1. The van der Waals surface area contributed by atoms with Crippen LogP contribution in [0.2, 0.25) is 0 Å². The van der Waals surface area contributed by atoms with E-state index in [9.17, 15) is 5.11 Å². The SMILES string of the molecule is OC1(c2ccc(C=C3CCN(C4CCC4)CC3)cc2)CCCOCC1. The van der Waals surface area contributed by atoms with E-state index in [-0.39, 0.29) is 0 Å². The second-order valence-electron chi connectivity index (χ2n) is 8.04. The number of aliphatic hydroxyl groups is 1. The molecule has 3 heteroatoms. The van der Waals surface area contributed by atoms with Crippen molar-refractivity contribution in [2.75, 3.05) is 26.3 Å². The topological polar surface area (TPSA) is 32.7 Å². The first-order chi connectivity index (χ1) is 12.2. The second-order valence-corrected chi connectivity index (χ2v) is 8.04. The molecule has 0 bridgehead atoms. The molecule has 0 amide bonds. The molecular formula is C22H31NO2. The minimum Gasteiger partial charge on any atom is -0.385 e. The molecule has 0 radical (unpaired) electrons. The maximum absolute atomic E-state index is 10.9. The van der Waals surface area contributed by atoms with E-state index >= 15 is 0 Å². The van der Waals surface area contributed by atoms with Gasteiger partial charge in [-0.15, -0.1) is 0 Å². The molecule has 4 rings (SSSR count). The second kappa shape index (κ2) is 7.61. The summed E-state index contributed by atoms with van der Waals surface area (Å²) in [4.78, 5) is 2.69. The van der Waals surface area contributed by atoms with Crippen LogP contribution in [0, 0.1) is 0 Å². The van der Waals surface area contributed by atoms with Gasteiger partial charge in [-0.1, -0.05) is 42.3 Å². The van der Waals surface area contributed by atoms with E-state index in [1.54, 1.807) is 5.57 Å². The van der Waals surface area contributed by atoms with Crippen molar-refractivity contribution in [2.45, 2.75) is 63.0 Å². The van der Waals surface area contributed by atoms with Gasteiger partial charge in [0.25, 0.3) is 0 Å². The molecule has 2 aliphatic heterocycles. The van der Waals surface area contributed by atoms with Crippen LogP contribution < -0.4 is 0 Å². The summed E-state index contributed by atoms with van der Waals surface area (Å²) >= 11 is 0. The molecule has 1 atom stereocenters. The van der Waals surface area contributed by atoms with E-state index in [1.807, 2.05) is 0 Å². The Hall–Kier alpha value is -1.16. The van der Waals surface area contributed by atoms with Gasteiger partial charge >= 0.3 is 0 Å². The Labute approximate surface area is 151 Å². The Morgan fingerprint density at radius 1 is 1.00 bits per heavy atom. The standard InChI is InChI=1S/C22H31NO2/c24-22(11-2-15-25-16-12-22)20-7-5-18(6-8-20)17-19-9-13-23(14-10-19)21-3-1-4-21/h5-8,17,21,24H,1-4,9-16H2. The average molecular weight is 341 g/mol. The molecule has 25 heavy (non-hydrogen) atoms. The van der Waals surface area contributed by atoms with Crippen molar-refractivity contribution in [3.8, 4) is 0 Å². The Morgan fingerprint density at radius 3 is 2.44 bits per heavy atom. The molecule has 1 aliphatic carbocycles. The van der Waals surface area contributed by atoms with Crippen LogP contribution in [-0.2, 0) is 10.3 Å². The molecule has 3 fully saturated rings. The zero-order valence-corrected chi connectivity index (χ0v) is 15.3. The summed E-state index contributed by atoms with van der Waals surface area (Å²) in [5.74, 6) is 0. The first-order valence-electron chi connectivity index (χ1n) is 10.1. The van der Waals surface area contributed by atoms with Crippen molar-refractivity contribution in [3.63, 3.8) is 0 Å². The van der Waals surface area contributed by atoms with E-state index in [0.717, 1.165) is 31.1 Å². The summed E-state index contributed by atoms with van der Waals surface area (Å²) in [5, 5.41) is 10.9. The summed E-state index contributed by atoms with van der Waals surface area (Å²) in [6, 6.07) is 9.45. The molecule has 3 nitrogen and oxygen atoms in total. The van der Waals surface area contributed by atoms with Crippen LogP contribution in [-0.4, -0.2) is 42.4 Å². The Balaban J connectivity index is 1.38. The number of ether oxygens (including phenoxy) is 1. The molecule has 0 aromatic heterocycles. The van der Waals surface area contributed by atoms with Crippen LogP contribution in [0.5, 0.6) is 0 Å². The van der Waals surface area contributed by atoms with Crippen LogP contribution in [0.25, 0.3) is 6.08 Å². The largest absolute Gasteiger partial charge is 0.385 e. The first-order valence-corrected chi connectivity index (χ1v) is 10.1. The molecule has 2 heterocycles. The monoisotopic (exact) mass is 341 g/mol.